The van der Waals surface area contributed by atoms with Gasteiger partial charge in [0, 0.05) is 42.2 Å². The number of nitrogens with zero attached hydrogens (tertiary/aromatic N) is 3. The molecule has 0 unspecified atom stereocenters. The number of carbonyl (C=O) groups excluding carboxylic acids is 3. The van der Waals surface area contributed by atoms with Crippen molar-refractivity contribution in [3.63, 3.8) is 0 Å². The highest BCUT2D eigenvalue weighted by atomic mass is 16.5. The van der Waals surface area contributed by atoms with Crippen LogP contribution in [0.25, 0.3) is 16.7 Å². The van der Waals surface area contributed by atoms with Gasteiger partial charge in [-0.05, 0) is 71.9 Å². The Morgan fingerprint density at radius 3 is 2.65 bits per heavy atom. The number of nitrogens with two attached hydrogens (primary N) is 1. The number of amides is 2. The molecule has 3 N–H and O–H groups in total. The third-order valence-corrected chi connectivity index (χ3v) is 7.64. The van der Waals surface area contributed by atoms with Crippen molar-refractivity contribution >= 4 is 34.9 Å². The number of nitrogens with one attached hydrogen (secondary N) is 1. The lowest BCUT2D eigenvalue weighted by Crippen LogP contribution is -2.38. The number of rotatable bonds is 4. The predicted molar refractivity (Wildman–Crippen MR) is 153 cm³/mol. The van der Waals surface area contributed by atoms with Gasteiger partial charge in [0.2, 0.25) is 11.8 Å². The maximum atomic E-state index is 13.5. The first-order chi connectivity index (χ1) is 19.3. The van der Waals surface area contributed by atoms with Crippen molar-refractivity contribution in [2.24, 2.45) is 5.92 Å². The van der Waals surface area contributed by atoms with Crippen LogP contribution in [0, 0.1) is 5.92 Å². The lowest BCUT2D eigenvalue weighted by atomic mass is 9.92. The summed E-state index contributed by atoms with van der Waals surface area (Å²) in [6.07, 6.45) is 7.99. The molecule has 3 aromatic rings. The highest BCUT2D eigenvalue weighted by Gasteiger charge is 2.30. The standard InChI is InChI=1S/C31H33N5O4/c1-19-4-3-5-27(36-13-10-22(18-29(36)37)21-8-12-34-28(32)17-21)26-16-23(9-11-33-26)24-7-6-20(15-30(38)40-2)14-25(24)35-31(19)39/h6-9,11-12,14,16-19,27H,3-5,10,13,15H2,1-2H3,(H2,32,34)(H,35,39)/t19-,27+/m1/s1. The number of hydrogen-bond donors (Lipinski definition) is 2. The molecule has 9 heteroatoms. The summed E-state index contributed by atoms with van der Waals surface area (Å²) in [4.78, 5) is 49.1. The number of ether oxygens (including phenoxy) is 1. The van der Waals surface area contributed by atoms with Crippen LogP contribution >= 0.6 is 0 Å². The molecule has 0 aliphatic carbocycles. The van der Waals surface area contributed by atoms with Gasteiger partial charge >= 0.3 is 5.97 Å². The molecule has 2 aliphatic heterocycles. The number of nitrogen functional groups attached to an aromatic ring is 1. The molecular weight excluding hydrogens is 506 g/mol. The molecule has 9 nitrogen and oxygen atoms in total. The Bertz CT molecular complexity index is 1480. The molecule has 0 spiro atoms. The quantitative estimate of drug-likeness (QED) is 0.465. The fraction of sp³-hybridized carbons (Fsp3) is 0.323. The molecule has 0 fully saturated rings. The zero-order valence-corrected chi connectivity index (χ0v) is 22.7. The van der Waals surface area contributed by atoms with Gasteiger partial charge in [0.05, 0.1) is 25.3 Å². The molecular formula is C31H33N5O4. The monoisotopic (exact) mass is 539 g/mol. The predicted octanol–water partition coefficient (Wildman–Crippen LogP) is 4.56. The van der Waals surface area contributed by atoms with E-state index >= 15 is 0 Å². The van der Waals surface area contributed by atoms with Crippen LogP contribution in [0.1, 0.15) is 55.5 Å². The van der Waals surface area contributed by atoms with E-state index in [0.29, 0.717) is 37.3 Å². The summed E-state index contributed by atoms with van der Waals surface area (Å²) in [6.45, 7) is 2.46. The highest BCUT2D eigenvalue weighted by molar-refractivity contribution is 5.98. The molecule has 0 saturated carbocycles. The van der Waals surface area contributed by atoms with Crippen molar-refractivity contribution in [3.05, 3.63) is 77.8 Å². The number of hydrogen-bond acceptors (Lipinski definition) is 7. The van der Waals surface area contributed by atoms with Gasteiger partial charge in [0.1, 0.15) is 5.82 Å². The highest BCUT2D eigenvalue weighted by Crippen LogP contribution is 2.36. The molecule has 1 aromatic carbocycles. The smallest absolute Gasteiger partial charge is 0.309 e. The Morgan fingerprint density at radius 2 is 1.88 bits per heavy atom. The Morgan fingerprint density at radius 1 is 1.07 bits per heavy atom. The van der Waals surface area contributed by atoms with Crippen molar-refractivity contribution in [2.75, 3.05) is 24.7 Å². The van der Waals surface area contributed by atoms with E-state index in [1.165, 1.54) is 7.11 Å². The summed E-state index contributed by atoms with van der Waals surface area (Å²) in [5, 5.41) is 3.08. The van der Waals surface area contributed by atoms with Gasteiger partial charge in [0.25, 0.3) is 0 Å². The van der Waals surface area contributed by atoms with Gasteiger partial charge in [-0.1, -0.05) is 25.5 Å². The number of esters is 1. The van der Waals surface area contributed by atoms with Crippen LogP contribution in [-0.4, -0.2) is 46.3 Å². The maximum absolute atomic E-state index is 13.5. The second kappa shape index (κ2) is 11.7. The van der Waals surface area contributed by atoms with E-state index in [1.807, 2.05) is 48.2 Å². The van der Waals surface area contributed by atoms with E-state index in [1.54, 1.807) is 24.5 Å². The Balaban J connectivity index is 1.51. The molecule has 5 rings (SSSR count). The van der Waals surface area contributed by atoms with E-state index in [2.05, 4.69) is 10.3 Å². The van der Waals surface area contributed by atoms with Crippen LogP contribution < -0.4 is 11.1 Å². The van der Waals surface area contributed by atoms with Gasteiger partial charge in [0.15, 0.2) is 0 Å². The van der Waals surface area contributed by atoms with E-state index in [0.717, 1.165) is 39.9 Å². The van der Waals surface area contributed by atoms with Crippen LogP contribution in [0.4, 0.5) is 11.5 Å². The summed E-state index contributed by atoms with van der Waals surface area (Å²) in [5.41, 5.74) is 11.6. The minimum atomic E-state index is -0.349. The molecule has 40 heavy (non-hydrogen) atoms. The molecule has 2 atom stereocenters. The van der Waals surface area contributed by atoms with Crippen LogP contribution in [0.15, 0.2) is 60.9 Å². The van der Waals surface area contributed by atoms with Crippen LogP contribution in [0.3, 0.4) is 0 Å². The molecule has 2 bridgehead atoms. The number of anilines is 2. The average Bonchev–Trinajstić information content (AvgIpc) is 2.95. The number of methoxy groups -OCH3 is 1. The molecule has 4 heterocycles. The SMILES string of the molecule is COC(=O)Cc1ccc2c(c1)NC(=O)[C@H](C)CCC[C@H](N1CCC(c3ccnc(N)c3)=CC1=O)c1cc-2ccn1. The second-order valence-corrected chi connectivity index (χ2v) is 10.4. The lowest BCUT2D eigenvalue weighted by Gasteiger charge is -2.34. The second-order valence-electron chi connectivity index (χ2n) is 10.4. The number of pyridine rings is 2. The van der Waals surface area contributed by atoms with E-state index in [9.17, 15) is 14.4 Å². The summed E-state index contributed by atoms with van der Waals surface area (Å²) < 4.78 is 4.82. The van der Waals surface area contributed by atoms with E-state index in [-0.39, 0.29) is 36.2 Å². The molecule has 2 aliphatic rings. The number of carbonyl (C=O) groups is 3. The molecule has 2 aromatic heterocycles. The van der Waals surface area contributed by atoms with Gasteiger partial charge in [-0.25, -0.2) is 4.98 Å². The average molecular weight is 540 g/mol. The molecule has 2 amide bonds. The van der Waals surface area contributed by atoms with Crippen LogP contribution in [0.5, 0.6) is 0 Å². The summed E-state index contributed by atoms with van der Waals surface area (Å²) in [7, 11) is 1.35. The summed E-state index contributed by atoms with van der Waals surface area (Å²) in [5.74, 6) is -0.313. The first-order valence-electron chi connectivity index (χ1n) is 13.5. The van der Waals surface area contributed by atoms with Gasteiger partial charge in [-0.2, -0.15) is 0 Å². The van der Waals surface area contributed by atoms with Gasteiger partial charge in [-0.15, -0.1) is 0 Å². The van der Waals surface area contributed by atoms with E-state index < -0.39 is 0 Å². The first-order valence-corrected chi connectivity index (χ1v) is 13.5. The zero-order valence-electron chi connectivity index (χ0n) is 22.7. The van der Waals surface area contributed by atoms with Crippen molar-refractivity contribution in [1.29, 1.82) is 0 Å². The summed E-state index contributed by atoms with van der Waals surface area (Å²) in [6, 6.07) is 12.9. The molecule has 206 valence electrons. The Hall–Kier alpha value is -4.53. The number of fused-ring (bicyclic) bond motifs is 4. The Labute approximate surface area is 233 Å². The number of benzene rings is 1. The van der Waals surface area contributed by atoms with Crippen molar-refractivity contribution < 1.29 is 19.1 Å². The van der Waals surface area contributed by atoms with Crippen LogP contribution in [-0.2, 0) is 25.5 Å². The molecule has 0 saturated heterocycles. The van der Waals surface area contributed by atoms with Crippen molar-refractivity contribution in [1.82, 2.24) is 14.9 Å². The van der Waals surface area contributed by atoms with Gasteiger partial charge in [-0.3, -0.25) is 19.4 Å². The fourth-order valence-corrected chi connectivity index (χ4v) is 5.40. The number of aromatic nitrogens is 2. The molecule has 0 radical (unpaired) electrons. The van der Waals surface area contributed by atoms with E-state index in [4.69, 9.17) is 15.5 Å². The topological polar surface area (TPSA) is 128 Å². The normalized spacial score (nSPS) is 19.4. The lowest BCUT2D eigenvalue weighted by molar-refractivity contribution is -0.139. The minimum absolute atomic E-state index is 0.0698. The van der Waals surface area contributed by atoms with Crippen LogP contribution in [0.2, 0.25) is 0 Å². The van der Waals surface area contributed by atoms with Gasteiger partial charge < -0.3 is 20.7 Å². The first kappa shape index (κ1) is 27.1. The minimum Gasteiger partial charge on any atom is -0.469 e. The fourth-order valence-electron chi connectivity index (χ4n) is 5.40. The summed E-state index contributed by atoms with van der Waals surface area (Å²) >= 11 is 0. The van der Waals surface area contributed by atoms with Crippen molar-refractivity contribution in [2.45, 2.75) is 45.1 Å². The Kier molecular flexibility index (Phi) is 7.91. The third kappa shape index (κ3) is 5.88. The maximum Gasteiger partial charge on any atom is 0.309 e. The zero-order chi connectivity index (χ0) is 28.2. The van der Waals surface area contributed by atoms with Crippen molar-refractivity contribution in [3.8, 4) is 11.1 Å². The third-order valence-electron chi connectivity index (χ3n) is 7.64. The largest absolute Gasteiger partial charge is 0.469 e.